The van der Waals surface area contributed by atoms with Gasteiger partial charge in [-0.05, 0) is 102 Å². The van der Waals surface area contributed by atoms with Crippen molar-refractivity contribution in [3.05, 3.63) is 245 Å². The number of hydrogen-bond acceptors (Lipinski definition) is 3. The zero-order valence-electron chi connectivity index (χ0n) is 31.6. The lowest BCUT2D eigenvalue weighted by molar-refractivity contribution is 0.781. The van der Waals surface area contributed by atoms with Gasteiger partial charge in [0.05, 0.1) is 17.2 Å². The average molecular weight is 757 g/mol. The van der Waals surface area contributed by atoms with Gasteiger partial charge in [-0.15, -0.1) is 11.3 Å². The molecule has 1 N–H and O–H groups in total. The fraction of sp³-hybridized carbons (Fsp3) is 0.0364. The molecule has 3 heteroatoms. The number of nitrogens with zero attached hydrogens (tertiary/aromatic N) is 1. The van der Waals surface area contributed by atoms with E-state index in [0.29, 0.717) is 0 Å². The zero-order valence-corrected chi connectivity index (χ0v) is 32.4. The SMILES string of the molecule is C1=C(c2cccc(-c3ccccc3)c2)N=C(c2cccc(-c3ccc4c(c3)C3(c5ccccc5-c5ccccc53)c3c-4sc4ccccc34)c2)NC1c1ccccc1. The van der Waals surface area contributed by atoms with Crippen molar-refractivity contribution in [1.29, 1.82) is 0 Å². The Kier molecular flexibility index (Phi) is 7.41. The summed E-state index contributed by atoms with van der Waals surface area (Å²) in [6.45, 7) is 0. The van der Waals surface area contributed by atoms with E-state index < -0.39 is 5.41 Å². The summed E-state index contributed by atoms with van der Waals surface area (Å²) in [6, 6.07) is 73.2. The minimum absolute atomic E-state index is 0.0380. The molecule has 0 amide bonds. The number of thiophene rings is 1. The Hall–Kier alpha value is -7.07. The van der Waals surface area contributed by atoms with E-state index in [9.17, 15) is 0 Å². The van der Waals surface area contributed by atoms with Crippen LogP contribution in [0.2, 0.25) is 0 Å². The van der Waals surface area contributed by atoms with Crippen molar-refractivity contribution in [3.63, 3.8) is 0 Å². The summed E-state index contributed by atoms with van der Waals surface area (Å²) in [4.78, 5) is 6.73. The van der Waals surface area contributed by atoms with Crippen LogP contribution in [0, 0.1) is 0 Å². The quantitative estimate of drug-likeness (QED) is 0.186. The van der Waals surface area contributed by atoms with Crippen LogP contribution in [-0.2, 0) is 5.41 Å². The number of fused-ring (bicyclic) bond motifs is 12. The third-order valence-corrected chi connectivity index (χ3v) is 13.5. The lowest BCUT2D eigenvalue weighted by atomic mass is 9.70. The summed E-state index contributed by atoms with van der Waals surface area (Å²) in [5, 5.41) is 5.16. The second kappa shape index (κ2) is 13.0. The molecule has 3 aliphatic rings. The molecule has 1 unspecified atom stereocenters. The largest absolute Gasteiger partial charge is 0.359 e. The van der Waals surface area contributed by atoms with E-state index in [-0.39, 0.29) is 6.04 Å². The predicted octanol–water partition coefficient (Wildman–Crippen LogP) is 13.7. The Balaban J connectivity index is 1.00. The summed E-state index contributed by atoms with van der Waals surface area (Å²) in [5.74, 6) is 0.864. The zero-order chi connectivity index (χ0) is 38.2. The van der Waals surface area contributed by atoms with Gasteiger partial charge in [0.2, 0.25) is 0 Å². The van der Waals surface area contributed by atoms with Crippen LogP contribution in [0.1, 0.15) is 45.0 Å². The van der Waals surface area contributed by atoms with Gasteiger partial charge in [-0.3, -0.25) is 0 Å². The first kappa shape index (κ1) is 33.1. The molecule has 12 rings (SSSR count). The van der Waals surface area contributed by atoms with Crippen molar-refractivity contribution < 1.29 is 0 Å². The van der Waals surface area contributed by atoms with Crippen molar-refractivity contribution in [2.24, 2.45) is 4.99 Å². The molecule has 0 bridgehead atoms. The third kappa shape index (κ3) is 4.93. The van der Waals surface area contributed by atoms with Crippen LogP contribution >= 0.6 is 11.3 Å². The van der Waals surface area contributed by atoms with Crippen molar-refractivity contribution in [1.82, 2.24) is 5.32 Å². The summed E-state index contributed by atoms with van der Waals surface area (Å²) >= 11 is 1.93. The summed E-state index contributed by atoms with van der Waals surface area (Å²) in [7, 11) is 0. The summed E-state index contributed by atoms with van der Waals surface area (Å²) in [6.07, 6.45) is 2.26. The second-order valence-electron chi connectivity index (χ2n) is 15.5. The minimum atomic E-state index is -0.406. The van der Waals surface area contributed by atoms with Crippen LogP contribution in [-0.4, -0.2) is 5.84 Å². The van der Waals surface area contributed by atoms with Gasteiger partial charge < -0.3 is 5.32 Å². The van der Waals surface area contributed by atoms with Gasteiger partial charge in [0.15, 0.2) is 0 Å². The number of nitrogens with one attached hydrogen (secondary N) is 1. The van der Waals surface area contributed by atoms with Gasteiger partial charge in [-0.1, -0.05) is 176 Å². The molecule has 8 aromatic carbocycles. The van der Waals surface area contributed by atoms with Crippen LogP contribution in [0.4, 0.5) is 0 Å². The molecule has 2 heterocycles. The highest BCUT2D eigenvalue weighted by atomic mass is 32.1. The molecule has 1 aliphatic heterocycles. The van der Waals surface area contributed by atoms with Gasteiger partial charge in [-0.2, -0.15) is 0 Å². The lowest BCUT2D eigenvalue weighted by Crippen LogP contribution is -2.31. The molecule has 272 valence electrons. The molecule has 2 nitrogen and oxygen atoms in total. The number of amidine groups is 1. The molecule has 0 fully saturated rings. The van der Waals surface area contributed by atoms with E-state index in [1.54, 1.807) is 0 Å². The van der Waals surface area contributed by atoms with Crippen molar-refractivity contribution in [2.45, 2.75) is 11.5 Å². The monoisotopic (exact) mass is 756 g/mol. The lowest BCUT2D eigenvalue weighted by Gasteiger charge is -2.30. The maximum Gasteiger partial charge on any atom is 0.134 e. The smallest absolute Gasteiger partial charge is 0.134 e. The molecule has 0 saturated carbocycles. The maximum atomic E-state index is 5.35. The predicted molar refractivity (Wildman–Crippen MR) is 242 cm³/mol. The minimum Gasteiger partial charge on any atom is -0.359 e. The highest BCUT2D eigenvalue weighted by Gasteiger charge is 2.53. The molecule has 1 atom stereocenters. The molecule has 1 aromatic heterocycles. The van der Waals surface area contributed by atoms with Gasteiger partial charge >= 0.3 is 0 Å². The van der Waals surface area contributed by atoms with Crippen molar-refractivity contribution in [2.75, 3.05) is 0 Å². The first-order valence-electron chi connectivity index (χ1n) is 20.0. The number of aliphatic imine (C=N–C) groups is 1. The Labute approximate surface area is 342 Å². The van der Waals surface area contributed by atoms with Crippen LogP contribution in [0.5, 0.6) is 0 Å². The Morgan fingerprint density at radius 3 is 1.81 bits per heavy atom. The molecular formula is C55H36N2S. The molecular weight excluding hydrogens is 721 g/mol. The van der Waals surface area contributed by atoms with E-state index in [1.165, 1.54) is 76.2 Å². The Morgan fingerprint density at radius 1 is 0.448 bits per heavy atom. The highest BCUT2D eigenvalue weighted by Crippen LogP contribution is 2.66. The molecule has 0 radical (unpaired) electrons. The first-order chi connectivity index (χ1) is 28.7. The van der Waals surface area contributed by atoms with Crippen molar-refractivity contribution >= 4 is 33.0 Å². The molecule has 2 aliphatic carbocycles. The molecule has 1 spiro atoms. The Bertz CT molecular complexity index is 3110. The standard InChI is InChI=1S/C55H36N2S/c1-3-15-35(16-4-1)37-19-13-21-40(31-37)50-34-49(36-17-5-2-6-18-36)56-54(57-50)41-22-14-20-38(32-41)39-29-30-44-48(33-39)55(52-45-25-9-12-28-51(45)58-53(44)52)46-26-10-7-23-42(46)43-24-8-11-27-47(43)55/h1-34,49H,(H,56,57). The van der Waals surface area contributed by atoms with E-state index in [0.717, 1.165) is 28.2 Å². The third-order valence-electron chi connectivity index (χ3n) is 12.3. The van der Waals surface area contributed by atoms with Crippen molar-refractivity contribution in [3.8, 4) is 43.8 Å². The molecule has 0 saturated heterocycles. The van der Waals surface area contributed by atoms with Crippen LogP contribution in [0.25, 0.3) is 59.6 Å². The summed E-state index contributed by atoms with van der Waals surface area (Å²) in [5.41, 5.74) is 18.1. The second-order valence-corrected chi connectivity index (χ2v) is 16.5. The Morgan fingerprint density at radius 2 is 1.03 bits per heavy atom. The van der Waals surface area contributed by atoms with Crippen LogP contribution in [0.15, 0.2) is 211 Å². The van der Waals surface area contributed by atoms with Gasteiger partial charge in [0.1, 0.15) is 5.84 Å². The number of hydrogen-bond donors (Lipinski definition) is 1. The van der Waals surface area contributed by atoms with Gasteiger partial charge in [-0.25, -0.2) is 4.99 Å². The first-order valence-corrected chi connectivity index (χ1v) is 20.8. The van der Waals surface area contributed by atoms with E-state index in [1.807, 2.05) is 11.3 Å². The maximum absolute atomic E-state index is 5.35. The highest BCUT2D eigenvalue weighted by molar-refractivity contribution is 7.22. The van der Waals surface area contributed by atoms with E-state index in [2.05, 4.69) is 212 Å². The van der Waals surface area contributed by atoms with Crippen LogP contribution < -0.4 is 5.32 Å². The average Bonchev–Trinajstić information content (AvgIpc) is 3.93. The van der Waals surface area contributed by atoms with Gasteiger partial charge in [0, 0.05) is 20.7 Å². The number of benzene rings is 8. The van der Waals surface area contributed by atoms with Gasteiger partial charge in [0.25, 0.3) is 0 Å². The topological polar surface area (TPSA) is 24.4 Å². The van der Waals surface area contributed by atoms with Crippen LogP contribution in [0.3, 0.4) is 0 Å². The van der Waals surface area contributed by atoms with E-state index in [4.69, 9.17) is 4.99 Å². The molecule has 58 heavy (non-hydrogen) atoms. The molecule has 9 aromatic rings. The van der Waals surface area contributed by atoms with E-state index >= 15 is 0 Å². The number of rotatable bonds is 5. The summed E-state index contributed by atoms with van der Waals surface area (Å²) < 4.78 is 1.34. The fourth-order valence-electron chi connectivity index (χ4n) is 9.79. The normalized spacial score (nSPS) is 15.6. The fourth-order valence-corrected chi connectivity index (χ4v) is 11.1.